The van der Waals surface area contributed by atoms with Crippen LogP contribution in [0.1, 0.15) is 92.9 Å². The van der Waals surface area contributed by atoms with E-state index in [1.54, 1.807) is 0 Å². The Hall–Kier alpha value is -0.533. The number of allylic oxidation sites excluding steroid dienone is 1. The predicted molar refractivity (Wildman–Crippen MR) is 144 cm³/mol. The summed E-state index contributed by atoms with van der Waals surface area (Å²) < 4.78 is 19.7. The largest absolute Gasteiger partial charge is 0.413 e. The maximum atomic E-state index is 13.0. The average Bonchev–Trinajstić information content (AvgIpc) is 3.10. The maximum Gasteiger partial charge on any atom is 0.192 e. The molecule has 1 N–H and O–H groups in total. The Kier molecular flexibility index (Phi) is 6.19. The van der Waals surface area contributed by atoms with E-state index in [9.17, 15) is 9.90 Å². The van der Waals surface area contributed by atoms with Crippen LogP contribution < -0.4 is 0 Å². The van der Waals surface area contributed by atoms with Crippen LogP contribution in [0.4, 0.5) is 0 Å². The van der Waals surface area contributed by atoms with Crippen molar-refractivity contribution >= 4 is 14.6 Å². The number of carbonyl (C=O) groups excluding carboxylic acids is 1. The van der Waals surface area contributed by atoms with Crippen molar-refractivity contribution in [3.05, 3.63) is 11.6 Å². The maximum absolute atomic E-state index is 13.0. The standard InChI is InChI=1S/C30H50O5Si/c1-25(2,3)36(7,8)35-24-10-9-22-21-11-14-29(32)17-30(33-19-26(4,5)20-34-30)16-15-28(29,18-31)23(21)12-13-27(22,24)6/h12,18,21-22,24,32H,9-11,13-17,19-20H2,1-8H3/t21?,22-,24-,27-,28-,29+/m0/s1. The molecule has 0 aromatic rings. The number of ether oxygens (including phenoxy) is 2. The lowest BCUT2D eigenvalue weighted by Crippen LogP contribution is -2.66. The van der Waals surface area contributed by atoms with Crippen molar-refractivity contribution in [2.45, 2.75) is 129 Å². The highest BCUT2D eigenvalue weighted by Gasteiger charge is 2.67. The summed E-state index contributed by atoms with van der Waals surface area (Å²) in [6.07, 6.45) is 10.1. The molecule has 204 valence electrons. The topological polar surface area (TPSA) is 65.0 Å². The van der Waals surface area contributed by atoms with Crippen molar-refractivity contribution in [3.8, 4) is 0 Å². The Bertz CT molecular complexity index is 924. The molecule has 1 saturated heterocycles. The minimum Gasteiger partial charge on any atom is -0.413 e. The number of fused-ring (bicyclic) bond motifs is 5. The first-order valence-corrected chi connectivity index (χ1v) is 17.3. The van der Waals surface area contributed by atoms with Crippen molar-refractivity contribution in [1.29, 1.82) is 0 Å². The average molecular weight is 519 g/mol. The van der Waals surface area contributed by atoms with Gasteiger partial charge in [0, 0.05) is 18.3 Å². The van der Waals surface area contributed by atoms with E-state index in [1.807, 2.05) is 0 Å². The third kappa shape index (κ3) is 3.87. The summed E-state index contributed by atoms with van der Waals surface area (Å²) >= 11 is 0. The highest BCUT2D eigenvalue weighted by Crippen LogP contribution is 2.67. The Balaban J connectivity index is 1.42. The van der Waals surface area contributed by atoms with Crippen LogP contribution in [-0.2, 0) is 18.7 Å². The first kappa shape index (κ1) is 27.0. The molecule has 5 aliphatic rings. The Morgan fingerprint density at radius 1 is 1.06 bits per heavy atom. The number of hydrogen-bond donors (Lipinski definition) is 1. The molecular weight excluding hydrogens is 468 g/mol. The van der Waals surface area contributed by atoms with Crippen LogP contribution in [0.2, 0.25) is 18.1 Å². The highest BCUT2D eigenvalue weighted by molar-refractivity contribution is 6.74. The molecule has 0 bridgehead atoms. The molecule has 36 heavy (non-hydrogen) atoms. The first-order valence-electron chi connectivity index (χ1n) is 14.4. The molecule has 0 radical (unpaired) electrons. The van der Waals surface area contributed by atoms with Crippen molar-refractivity contribution in [1.82, 2.24) is 0 Å². The normalized spacial score (nSPS) is 43.8. The van der Waals surface area contributed by atoms with E-state index in [1.165, 1.54) is 5.57 Å². The quantitative estimate of drug-likeness (QED) is 0.266. The fourth-order valence-corrected chi connectivity index (χ4v) is 9.57. The monoisotopic (exact) mass is 518 g/mol. The van der Waals surface area contributed by atoms with E-state index in [2.05, 4.69) is 60.7 Å². The van der Waals surface area contributed by atoms with Gasteiger partial charge in [0.05, 0.1) is 30.3 Å². The summed E-state index contributed by atoms with van der Waals surface area (Å²) in [5, 5.41) is 12.4. The molecule has 1 aliphatic heterocycles. The Morgan fingerprint density at radius 2 is 1.72 bits per heavy atom. The molecule has 3 saturated carbocycles. The SMILES string of the molecule is CC1(C)COC2(CC[C@]3(C=O)C4=CC[C@]5(C)[C@@H](O[Si](C)(C)C(C)(C)C)CC[C@H]5C4CC[C@@]3(O)C2)OC1. The van der Waals surface area contributed by atoms with Crippen LogP contribution in [0.3, 0.4) is 0 Å². The van der Waals surface area contributed by atoms with Gasteiger partial charge in [-0.2, -0.15) is 0 Å². The molecule has 0 aromatic carbocycles. The predicted octanol–water partition coefficient (Wildman–Crippen LogP) is 6.40. The minimum absolute atomic E-state index is 0.0213. The third-order valence-electron chi connectivity index (χ3n) is 11.5. The minimum atomic E-state index is -1.88. The van der Waals surface area contributed by atoms with Crippen LogP contribution in [0.15, 0.2) is 11.6 Å². The lowest BCUT2D eigenvalue weighted by Gasteiger charge is -2.62. The van der Waals surface area contributed by atoms with Crippen LogP contribution in [-0.4, -0.2) is 50.4 Å². The van der Waals surface area contributed by atoms with Crippen molar-refractivity contribution < 1.29 is 23.8 Å². The zero-order valence-electron chi connectivity index (χ0n) is 24.0. The molecule has 4 fully saturated rings. The number of rotatable bonds is 3. The molecular formula is C30H50O5Si. The summed E-state index contributed by atoms with van der Waals surface area (Å²) in [6.45, 7) is 19.7. The van der Waals surface area contributed by atoms with E-state index < -0.39 is 25.1 Å². The summed E-state index contributed by atoms with van der Waals surface area (Å²) in [5.41, 5.74) is -0.638. The number of carbonyl (C=O) groups is 1. The first-order chi connectivity index (χ1) is 16.5. The lowest BCUT2D eigenvalue weighted by atomic mass is 9.47. The molecule has 5 nitrogen and oxygen atoms in total. The molecule has 4 aliphatic carbocycles. The smallest absolute Gasteiger partial charge is 0.192 e. The van der Waals surface area contributed by atoms with Gasteiger partial charge in [-0.15, -0.1) is 0 Å². The van der Waals surface area contributed by atoms with Gasteiger partial charge in [0.2, 0.25) is 0 Å². The molecule has 1 unspecified atom stereocenters. The number of hydrogen-bond acceptors (Lipinski definition) is 5. The molecule has 1 heterocycles. The molecule has 0 amide bonds. The Morgan fingerprint density at radius 3 is 2.33 bits per heavy atom. The van der Waals surface area contributed by atoms with Crippen LogP contribution in [0, 0.1) is 28.1 Å². The Labute approximate surface area is 219 Å². The summed E-state index contributed by atoms with van der Waals surface area (Å²) in [5.74, 6) is 0.0962. The van der Waals surface area contributed by atoms with Crippen LogP contribution in [0.5, 0.6) is 0 Å². The van der Waals surface area contributed by atoms with E-state index in [0.29, 0.717) is 50.7 Å². The fourth-order valence-electron chi connectivity index (χ4n) is 8.12. The van der Waals surface area contributed by atoms with E-state index in [4.69, 9.17) is 13.9 Å². The van der Waals surface area contributed by atoms with Gasteiger partial charge in [0.1, 0.15) is 6.29 Å². The van der Waals surface area contributed by atoms with E-state index in [-0.39, 0.29) is 22.0 Å². The van der Waals surface area contributed by atoms with Crippen LogP contribution in [0.25, 0.3) is 0 Å². The number of aliphatic hydroxyl groups is 1. The van der Waals surface area contributed by atoms with Gasteiger partial charge in [-0.1, -0.05) is 53.2 Å². The van der Waals surface area contributed by atoms with Crippen LogP contribution >= 0.6 is 0 Å². The van der Waals surface area contributed by atoms with Gasteiger partial charge in [-0.25, -0.2) is 0 Å². The second-order valence-electron chi connectivity index (χ2n) is 15.5. The molecule has 5 rings (SSSR count). The summed E-state index contributed by atoms with van der Waals surface area (Å²) in [7, 11) is -1.88. The summed E-state index contributed by atoms with van der Waals surface area (Å²) in [4.78, 5) is 13.0. The number of aldehydes is 1. The van der Waals surface area contributed by atoms with Crippen molar-refractivity contribution in [3.63, 3.8) is 0 Å². The van der Waals surface area contributed by atoms with Crippen molar-refractivity contribution in [2.24, 2.45) is 28.1 Å². The second-order valence-corrected chi connectivity index (χ2v) is 20.3. The zero-order valence-corrected chi connectivity index (χ0v) is 25.0. The van der Waals surface area contributed by atoms with E-state index in [0.717, 1.165) is 32.0 Å². The highest BCUT2D eigenvalue weighted by atomic mass is 28.4. The second kappa shape index (κ2) is 8.24. The van der Waals surface area contributed by atoms with Crippen molar-refractivity contribution in [2.75, 3.05) is 13.2 Å². The molecule has 6 atom stereocenters. The molecule has 1 spiro atoms. The van der Waals surface area contributed by atoms with Gasteiger partial charge < -0.3 is 23.8 Å². The van der Waals surface area contributed by atoms with Gasteiger partial charge in [-0.05, 0) is 73.9 Å². The van der Waals surface area contributed by atoms with Gasteiger partial charge in [0.25, 0.3) is 0 Å². The fraction of sp³-hybridized carbons (Fsp3) is 0.900. The van der Waals surface area contributed by atoms with Gasteiger partial charge in [0.15, 0.2) is 14.1 Å². The lowest BCUT2D eigenvalue weighted by molar-refractivity contribution is -0.339. The van der Waals surface area contributed by atoms with Gasteiger partial charge in [-0.3, -0.25) is 0 Å². The third-order valence-corrected chi connectivity index (χ3v) is 16.0. The molecule has 6 heteroatoms. The van der Waals surface area contributed by atoms with E-state index >= 15 is 0 Å². The molecule has 0 aromatic heterocycles. The zero-order chi connectivity index (χ0) is 26.4. The van der Waals surface area contributed by atoms with Gasteiger partial charge >= 0.3 is 0 Å². The summed E-state index contributed by atoms with van der Waals surface area (Å²) in [6, 6.07) is 0.